The first kappa shape index (κ1) is 7.15. The summed E-state index contributed by atoms with van der Waals surface area (Å²) in [5.74, 6) is 1.98. The van der Waals surface area contributed by atoms with Gasteiger partial charge in [0.1, 0.15) is 0 Å². The minimum Gasteiger partial charge on any atom is -0.0881 e. The Labute approximate surface area is 71.5 Å². The second-order valence-corrected chi connectivity index (χ2v) is 5.29. The average Bonchev–Trinajstić information content (AvgIpc) is 2.38. The lowest BCUT2D eigenvalue weighted by Crippen LogP contribution is -2.12. The molecule has 0 N–H and O–H groups in total. The Bertz CT molecular complexity index is 151. The third-order valence-corrected chi connectivity index (χ3v) is 5.20. The predicted molar refractivity (Wildman–Crippen MR) is 47.3 cm³/mol. The Morgan fingerprint density at radius 2 is 2.20 bits per heavy atom. The maximum Gasteiger partial charge on any atom is 0.0239 e. The lowest BCUT2D eigenvalue weighted by Gasteiger charge is -2.21. The summed E-state index contributed by atoms with van der Waals surface area (Å²) in [5, 5.41) is 0. The number of hydrogen-bond acceptors (Lipinski definition) is 0. The van der Waals surface area contributed by atoms with Gasteiger partial charge in [-0.05, 0) is 23.7 Å². The molecule has 0 bridgehead atoms. The number of halogens is 1. The van der Waals surface area contributed by atoms with E-state index in [0.717, 1.165) is 16.7 Å². The Balaban J connectivity index is 2.13. The van der Waals surface area contributed by atoms with Crippen LogP contribution in [-0.4, -0.2) is 4.83 Å². The summed E-state index contributed by atoms with van der Waals surface area (Å²) in [6.07, 6.45) is 4.37. The van der Waals surface area contributed by atoms with Crippen molar-refractivity contribution in [3.05, 3.63) is 0 Å². The van der Waals surface area contributed by atoms with E-state index >= 15 is 0 Å². The molecule has 2 saturated carbocycles. The first-order valence-electron chi connectivity index (χ1n) is 4.30. The number of fused-ring (bicyclic) bond motifs is 1. The van der Waals surface area contributed by atoms with Gasteiger partial charge >= 0.3 is 0 Å². The molecular weight excluding hydrogens is 188 g/mol. The van der Waals surface area contributed by atoms with Gasteiger partial charge in [0.2, 0.25) is 0 Å². The highest BCUT2D eigenvalue weighted by Gasteiger charge is 2.62. The maximum atomic E-state index is 3.77. The van der Waals surface area contributed by atoms with Crippen LogP contribution >= 0.6 is 15.9 Å². The lowest BCUT2D eigenvalue weighted by molar-refractivity contribution is 0.288. The molecule has 2 aliphatic rings. The van der Waals surface area contributed by atoms with Crippen molar-refractivity contribution in [2.24, 2.45) is 17.3 Å². The molecule has 0 aliphatic heterocycles. The molecule has 0 saturated heterocycles. The summed E-state index contributed by atoms with van der Waals surface area (Å²) in [7, 11) is 0. The Morgan fingerprint density at radius 1 is 1.50 bits per heavy atom. The quantitative estimate of drug-likeness (QED) is 0.530. The molecule has 4 unspecified atom stereocenters. The summed E-state index contributed by atoms with van der Waals surface area (Å²) in [6, 6.07) is 0. The Kier molecular flexibility index (Phi) is 1.43. The van der Waals surface area contributed by atoms with Crippen molar-refractivity contribution in [1.29, 1.82) is 0 Å². The summed E-state index contributed by atoms with van der Waals surface area (Å²) >= 11 is 3.77. The molecule has 0 aromatic rings. The lowest BCUT2D eigenvalue weighted by atomic mass is 9.84. The molecule has 1 heteroatoms. The highest BCUT2D eigenvalue weighted by molar-refractivity contribution is 9.09. The molecule has 0 nitrogen and oxygen atoms in total. The van der Waals surface area contributed by atoms with E-state index in [1.807, 2.05) is 0 Å². The van der Waals surface area contributed by atoms with Crippen LogP contribution in [0.3, 0.4) is 0 Å². The number of hydrogen-bond donors (Lipinski definition) is 0. The molecule has 0 spiro atoms. The van der Waals surface area contributed by atoms with E-state index in [4.69, 9.17) is 0 Å². The highest BCUT2D eigenvalue weighted by Crippen LogP contribution is 2.66. The molecule has 10 heavy (non-hydrogen) atoms. The van der Waals surface area contributed by atoms with Crippen LogP contribution in [0.4, 0.5) is 0 Å². The van der Waals surface area contributed by atoms with Crippen molar-refractivity contribution in [1.82, 2.24) is 0 Å². The van der Waals surface area contributed by atoms with Crippen LogP contribution in [-0.2, 0) is 0 Å². The fourth-order valence-corrected chi connectivity index (χ4v) is 4.28. The molecule has 2 fully saturated rings. The van der Waals surface area contributed by atoms with Crippen LogP contribution in [0.2, 0.25) is 0 Å². The van der Waals surface area contributed by atoms with Gasteiger partial charge in [-0.1, -0.05) is 42.6 Å². The van der Waals surface area contributed by atoms with E-state index in [0.29, 0.717) is 5.41 Å². The molecule has 0 heterocycles. The molecule has 58 valence electrons. The fourth-order valence-electron chi connectivity index (χ4n) is 2.77. The fraction of sp³-hybridized carbons (Fsp3) is 1.00. The van der Waals surface area contributed by atoms with Crippen molar-refractivity contribution in [2.75, 3.05) is 0 Å². The van der Waals surface area contributed by atoms with Crippen molar-refractivity contribution < 1.29 is 0 Å². The van der Waals surface area contributed by atoms with Gasteiger partial charge in [-0.2, -0.15) is 0 Å². The van der Waals surface area contributed by atoms with E-state index < -0.39 is 0 Å². The first-order chi connectivity index (χ1) is 4.66. The monoisotopic (exact) mass is 202 g/mol. The number of rotatable bonds is 0. The van der Waals surface area contributed by atoms with Crippen LogP contribution < -0.4 is 0 Å². The second-order valence-electron chi connectivity index (χ2n) is 4.30. The number of alkyl halides is 1. The molecule has 4 atom stereocenters. The Hall–Kier alpha value is 0.480. The normalized spacial score (nSPS) is 59.7. The van der Waals surface area contributed by atoms with E-state index in [1.54, 1.807) is 0 Å². The zero-order valence-electron chi connectivity index (χ0n) is 6.73. The molecule has 0 radical (unpaired) electrons. The van der Waals surface area contributed by atoms with Crippen molar-refractivity contribution in [3.8, 4) is 0 Å². The minimum absolute atomic E-state index is 0.692. The van der Waals surface area contributed by atoms with Crippen molar-refractivity contribution in [2.45, 2.75) is 37.9 Å². The zero-order valence-corrected chi connectivity index (χ0v) is 8.32. The molecule has 0 aromatic heterocycles. The van der Waals surface area contributed by atoms with E-state index in [-0.39, 0.29) is 0 Å². The van der Waals surface area contributed by atoms with Gasteiger partial charge in [0, 0.05) is 4.83 Å². The predicted octanol–water partition coefficient (Wildman–Crippen LogP) is 3.21. The molecule has 2 aliphatic carbocycles. The molecule has 0 amide bonds. The first-order valence-corrected chi connectivity index (χ1v) is 5.22. The molecule has 2 rings (SSSR count). The smallest absolute Gasteiger partial charge is 0.0239 e. The summed E-state index contributed by atoms with van der Waals surface area (Å²) in [5.41, 5.74) is 0.692. The maximum absolute atomic E-state index is 3.77. The molecule has 0 aromatic carbocycles. The van der Waals surface area contributed by atoms with Gasteiger partial charge in [-0.3, -0.25) is 0 Å². The average molecular weight is 203 g/mol. The highest BCUT2D eigenvalue weighted by atomic mass is 79.9. The van der Waals surface area contributed by atoms with Gasteiger partial charge in [0.25, 0.3) is 0 Å². The van der Waals surface area contributed by atoms with Crippen molar-refractivity contribution in [3.63, 3.8) is 0 Å². The van der Waals surface area contributed by atoms with Crippen LogP contribution in [0.15, 0.2) is 0 Å². The minimum atomic E-state index is 0.692. The topological polar surface area (TPSA) is 0 Å². The van der Waals surface area contributed by atoms with Crippen LogP contribution in [0.25, 0.3) is 0 Å². The SMILES string of the molecule is CC1CCCC2(C)C(Br)C12. The van der Waals surface area contributed by atoms with Gasteiger partial charge in [-0.15, -0.1) is 0 Å². The largest absolute Gasteiger partial charge is 0.0881 e. The zero-order chi connectivity index (χ0) is 7.35. The van der Waals surface area contributed by atoms with Gasteiger partial charge < -0.3 is 0 Å². The standard InChI is InChI=1S/C9H15Br/c1-6-4-3-5-9(2)7(6)8(9)10/h6-8H,3-5H2,1-2H3. The van der Waals surface area contributed by atoms with Gasteiger partial charge in [0.15, 0.2) is 0 Å². The van der Waals surface area contributed by atoms with Crippen LogP contribution in [0.1, 0.15) is 33.1 Å². The summed E-state index contributed by atoms with van der Waals surface area (Å²) in [4.78, 5) is 0.845. The summed E-state index contributed by atoms with van der Waals surface area (Å²) < 4.78 is 0. The van der Waals surface area contributed by atoms with Crippen molar-refractivity contribution >= 4 is 15.9 Å². The Morgan fingerprint density at radius 3 is 2.70 bits per heavy atom. The third kappa shape index (κ3) is 0.731. The van der Waals surface area contributed by atoms with Crippen LogP contribution in [0.5, 0.6) is 0 Å². The molecular formula is C9H15Br. The van der Waals surface area contributed by atoms with Gasteiger partial charge in [0.05, 0.1) is 0 Å². The summed E-state index contributed by atoms with van der Waals surface area (Å²) in [6.45, 7) is 4.84. The van der Waals surface area contributed by atoms with E-state index in [2.05, 4.69) is 29.8 Å². The second kappa shape index (κ2) is 2.00. The van der Waals surface area contributed by atoms with Crippen LogP contribution in [0, 0.1) is 17.3 Å². The van der Waals surface area contributed by atoms with E-state index in [9.17, 15) is 0 Å². The third-order valence-electron chi connectivity index (χ3n) is 3.59. The van der Waals surface area contributed by atoms with E-state index in [1.165, 1.54) is 19.3 Å². The van der Waals surface area contributed by atoms with Gasteiger partial charge in [-0.25, -0.2) is 0 Å².